The van der Waals surface area contributed by atoms with Crippen molar-refractivity contribution in [2.75, 3.05) is 19.6 Å². The lowest BCUT2D eigenvalue weighted by Gasteiger charge is -2.34. The van der Waals surface area contributed by atoms with Crippen LogP contribution in [0.3, 0.4) is 0 Å². The molecular weight excluding hydrogens is 386 g/mol. The van der Waals surface area contributed by atoms with Crippen molar-refractivity contribution >= 4 is 52.5 Å². The van der Waals surface area contributed by atoms with Crippen LogP contribution in [0, 0.1) is 3.57 Å². The minimum absolute atomic E-state index is 0. The van der Waals surface area contributed by atoms with E-state index >= 15 is 0 Å². The van der Waals surface area contributed by atoms with Gasteiger partial charge in [0.1, 0.15) is 0 Å². The molecule has 1 amide bonds. The molecule has 0 unspecified atom stereocenters. The number of amides is 1. The number of halogens is 3. The van der Waals surface area contributed by atoms with E-state index in [4.69, 9.17) is 11.6 Å². The average molecular weight is 401 g/mol. The highest BCUT2D eigenvalue weighted by molar-refractivity contribution is 14.1. The Morgan fingerprint density at radius 3 is 2.94 bits per heavy atom. The molecule has 1 aliphatic rings. The molecule has 0 aromatic heterocycles. The Morgan fingerprint density at radius 1 is 1.56 bits per heavy atom. The molecule has 1 fully saturated rings. The zero-order chi connectivity index (χ0) is 12.4. The Balaban J connectivity index is 0.00000162. The number of hydrogen-bond donors (Lipinski definition) is 1. The summed E-state index contributed by atoms with van der Waals surface area (Å²) in [6, 6.07) is 5.75. The van der Waals surface area contributed by atoms with Gasteiger partial charge in [-0.2, -0.15) is 0 Å². The second kappa shape index (κ2) is 6.93. The van der Waals surface area contributed by atoms with Gasteiger partial charge in [0, 0.05) is 29.2 Å². The number of carbonyl (C=O) groups is 1. The van der Waals surface area contributed by atoms with E-state index in [0.29, 0.717) is 10.6 Å². The van der Waals surface area contributed by atoms with Crippen LogP contribution in [-0.2, 0) is 0 Å². The molecule has 6 heteroatoms. The number of nitrogens with zero attached hydrogens (tertiary/aromatic N) is 1. The summed E-state index contributed by atoms with van der Waals surface area (Å²) in [5.41, 5.74) is 0.604. The summed E-state index contributed by atoms with van der Waals surface area (Å²) in [6.07, 6.45) is 0. The van der Waals surface area contributed by atoms with Gasteiger partial charge in [0.15, 0.2) is 0 Å². The van der Waals surface area contributed by atoms with Gasteiger partial charge >= 0.3 is 0 Å². The highest BCUT2D eigenvalue weighted by atomic mass is 127. The Kier molecular flexibility index (Phi) is 6.17. The predicted octanol–water partition coefficient (Wildman–Crippen LogP) is 2.80. The van der Waals surface area contributed by atoms with Crippen molar-refractivity contribution in [3.8, 4) is 0 Å². The van der Waals surface area contributed by atoms with Gasteiger partial charge in [0.2, 0.25) is 0 Å². The Morgan fingerprint density at radius 2 is 2.28 bits per heavy atom. The molecule has 0 spiro atoms. The molecule has 1 saturated heterocycles. The van der Waals surface area contributed by atoms with Crippen molar-refractivity contribution in [1.29, 1.82) is 0 Å². The van der Waals surface area contributed by atoms with Crippen LogP contribution in [0.1, 0.15) is 17.3 Å². The fourth-order valence-corrected chi connectivity index (χ4v) is 2.65. The molecule has 1 atom stereocenters. The molecule has 1 aliphatic heterocycles. The van der Waals surface area contributed by atoms with E-state index in [2.05, 4.69) is 27.9 Å². The summed E-state index contributed by atoms with van der Waals surface area (Å²) in [7, 11) is 0. The molecule has 0 saturated carbocycles. The highest BCUT2D eigenvalue weighted by Gasteiger charge is 2.25. The van der Waals surface area contributed by atoms with Crippen LogP contribution in [0.15, 0.2) is 18.2 Å². The van der Waals surface area contributed by atoms with Gasteiger partial charge < -0.3 is 10.2 Å². The molecule has 0 aliphatic carbocycles. The smallest absolute Gasteiger partial charge is 0.255 e. The first-order valence-electron chi connectivity index (χ1n) is 5.56. The van der Waals surface area contributed by atoms with Crippen LogP contribution in [0.25, 0.3) is 0 Å². The van der Waals surface area contributed by atoms with Crippen LogP contribution in [0.5, 0.6) is 0 Å². The van der Waals surface area contributed by atoms with Gasteiger partial charge in [-0.1, -0.05) is 11.6 Å². The quantitative estimate of drug-likeness (QED) is 0.735. The van der Waals surface area contributed by atoms with Crippen molar-refractivity contribution < 1.29 is 4.79 Å². The minimum atomic E-state index is 0. The normalized spacial score (nSPS) is 19.3. The van der Waals surface area contributed by atoms with Crippen molar-refractivity contribution in [2.45, 2.75) is 13.0 Å². The molecule has 1 heterocycles. The first kappa shape index (κ1) is 16.0. The minimum Gasteiger partial charge on any atom is -0.333 e. The monoisotopic (exact) mass is 400 g/mol. The summed E-state index contributed by atoms with van der Waals surface area (Å²) in [4.78, 5) is 14.3. The maximum absolute atomic E-state index is 12.4. The number of nitrogens with one attached hydrogen (secondary N) is 1. The summed E-state index contributed by atoms with van der Waals surface area (Å²) >= 11 is 8.28. The van der Waals surface area contributed by atoms with Gasteiger partial charge in [-0.3, -0.25) is 4.79 Å². The summed E-state index contributed by atoms with van der Waals surface area (Å²) in [5, 5.41) is 3.80. The largest absolute Gasteiger partial charge is 0.333 e. The topological polar surface area (TPSA) is 32.3 Å². The van der Waals surface area contributed by atoms with E-state index in [1.54, 1.807) is 6.07 Å². The van der Waals surface area contributed by atoms with Crippen molar-refractivity contribution in [1.82, 2.24) is 10.2 Å². The predicted molar refractivity (Wildman–Crippen MR) is 84.8 cm³/mol. The lowest BCUT2D eigenvalue weighted by molar-refractivity contribution is 0.0656. The average Bonchev–Trinajstić information content (AvgIpc) is 2.32. The van der Waals surface area contributed by atoms with Crippen molar-refractivity contribution in [3.63, 3.8) is 0 Å². The third-order valence-electron chi connectivity index (χ3n) is 2.92. The Hall–Kier alpha value is -0.0400. The van der Waals surface area contributed by atoms with Gasteiger partial charge in [0.25, 0.3) is 5.91 Å². The SMILES string of the molecule is C[C@H]1CNCCN1C(=O)c1cc(I)ccc1Cl.Cl. The van der Waals surface area contributed by atoms with Crippen LogP contribution in [0.2, 0.25) is 5.02 Å². The first-order valence-corrected chi connectivity index (χ1v) is 7.02. The third kappa shape index (κ3) is 3.50. The fourth-order valence-electron chi connectivity index (χ4n) is 1.96. The van der Waals surface area contributed by atoms with E-state index in [1.807, 2.05) is 24.0 Å². The summed E-state index contributed by atoms with van der Waals surface area (Å²) in [6.45, 7) is 4.47. The number of rotatable bonds is 1. The zero-order valence-electron chi connectivity index (χ0n) is 9.95. The molecule has 2 rings (SSSR count). The lowest BCUT2D eigenvalue weighted by Crippen LogP contribution is -2.52. The van der Waals surface area contributed by atoms with E-state index in [1.165, 1.54) is 0 Å². The first-order chi connectivity index (χ1) is 8.09. The van der Waals surface area contributed by atoms with E-state index < -0.39 is 0 Å². The Labute approximate surface area is 132 Å². The van der Waals surface area contributed by atoms with Crippen LogP contribution < -0.4 is 5.32 Å². The standard InChI is InChI=1S/C12H14ClIN2O.ClH/c1-8-7-15-4-5-16(8)12(17)10-6-9(14)2-3-11(10)13;/h2-3,6,8,15H,4-5,7H2,1H3;1H/t8-;/m0./s1. The van der Waals surface area contributed by atoms with Crippen LogP contribution in [0.4, 0.5) is 0 Å². The van der Waals surface area contributed by atoms with E-state index in [0.717, 1.165) is 23.2 Å². The maximum atomic E-state index is 12.4. The van der Waals surface area contributed by atoms with Crippen molar-refractivity contribution in [3.05, 3.63) is 32.4 Å². The molecular formula is C12H15Cl2IN2O. The maximum Gasteiger partial charge on any atom is 0.255 e. The van der Waals surface area contributed by atoms with Crippen LogP contribution in [-0.4, -0.2) is 36.5 Å². The molecule has 1 aromatic rings. The van der Waals surface area contributed by atoms with Crippen molar-refractivity contribution in [2.24, 2.45) is 0 Å². The van der Waals surface area contributed by atoms with Crippen LogP contribution >= 0.6 is 46.6 Å². The molecule has 0 radical (unpaired) electrons. The zero-order valence-corrected chi connectivity index (χ0v) is 13.7. The number of hydrogen-bond acceptors (Lipinski definition) is 2. The molecule has 100 valence electrons. The van der Waals surface area contributed by atoms with Gasteiger partial charge in [-0.15, -0.1) is 12.4 Å². The van der Waals surface area contributed by atoms with Gasteiger partial charge in [-0.05, 0) is 47.7 Å². The second-order valence-electron chi connectivity index (χ2n) is 4.18. The lowest BCUT2D eigenvalue weighted by atomic mass is 10.1. The summed E-state index contributed by atoms with van der Waals surface area (Å²) in [5.74, 6) is 0.0301. The van der Waals surface area contributed by atoms with Gasteiger partial charge in [0.05, 0.1) is 10.6 Å². The molecule has 1 N–H and O–H groups in total. The molecule has 0 bridgehead atoms. The van der Waals surface area contributed by atoms with E-state index in [-0.39, 0.29) is 24.4 Å². The van der Waals surface area contributed by atoms with E-state index in [9.17, 15) is 4.79 Å². The molecule has 3 nitrogen and oxygen atoms in total. The highest BCUT2D eigenvalue weighted by Crippen LogP contribution is 2.21. The number of carbonyl (C=O) groups excluding carboxylic acids is 1. The third-order valence-corrected chi connectivity index (χ3v) is 3.92. The summed E-state index contributed by atoms with van der Waals surface area (Å²) < 4.78 is 1.03. The Bertz CT molecular complexity index is 442. The molecule has 1 aromatic carbocycles. The second-order valence-corrected chi connectivity index (χ2v) is 5.83. The number of benzene rings is 1. The molecule has 18 heavy (non-hydrogen) atoms. The number of piperazine rings is 1. The fraction of sp³-hybridized carbons (Fsp3) is 0.417. The van der Waals surface area contributed by atoms with Gasteiger partial charge in [-0.25, -0.2) is 0 Å².